The number of allylic oxidation sites excluding steroid dienone is 1. The van der Waals surface area contributed by atoms with Gasteiger partial charge in [-0.25, -0.2) is 4.98 Å². The van der Waals surface area contributed by atoms with Crippen LogP contribution in [-0.4, -0.2) is 28.0 Å². The summed E-state index contributed by atoms with van der Waals surface area (Å²) in [6, 6.07) is 8.39. The summed E-state index contributed by atoms with van der Waals surface area (Å²) < 4.78 is 0.728. The molecule has 2 N–H and O–H groups in total. The fourth-order valence-corrected chi connectivity index (χ4v) is 2.44. The number of ketones is 1. The van der Waals surface area contributed by atoms with Gasteiger partial charge in [0, 0.05) is 16.2 Å². The summed E-state index contributed by atoms with van der Waals surface area (Å²) in [4.78, 5) is 28.5. The van der Waals surface area contributed by atoms with Crippen molar-refractivity contribution in [2.75, 3.05) is 0 Å². The minimum Gasteiger partial charge on any atom is -0.367 e. The Morgan fingerprint density at radius 3 is 2.67 bits per heavy atom. The smallest absolute Gasteiger partial charge is 0.272 e. The molecule has 1 amide bonds. The molecule has 1 heterocycles. The molecule has 0 radical (unpaired) electrons. The first-order chi connectivity index (χ1) is 11.4. The summed E-state index contributed by atoms with van der Waals surface area (Å²) in [7, 11) is 0. The minimum absolute atomic E-state index is 0.114. The van der Waals surface area contributed by atoms with Crippen LogP contribution < -0.4 is 5.32 Å². The van der Waals surface area contributed by atoms with Crippen molar-refractivity contribution in [3.05, 3.63) is 69.5 Å². The van der Waals surface area contributed by atoms with E-state index in [1.165, 1.54) is 12.3 Å². The number of aliphatic hydroxyl groups excluding tert-OH is 1. The van der Waals surface area contributed by atoms with Crippen LogP contribution in [0.4, 0.5) is 0 Å². The van der Waals surface area contributed by atoms with Gasteiger partial charge in [-0.3, -0.25) is 9.59 Å². The highest BCUT2D eigenvalue weighted by atomic mass is 79.9. The number of halogens is 1. The van der Waals surface area contributed by atoms with E-state index in [0.717, 1.165) is 15.6 Å². The SMILES string of the molecule is C/C=C\c1c(C)cccc1C(=O)C(O)NC(=O)c1ccc(Br)cn1. The molecule has 1 atom stereocenters. The fraction of sp³-hybridized carbons (Fsp3) is 0.167. The van der Waals surface area contributed by atoms with Crippen molar-refractivity contribution < 1.29 is 14.7 Å². The molecule has 5 nitrogen and oxygen atoms in total. The highest BCUT2D eigenvalue weighted by Gasteiger charge is 2.22. The molecule has 1 aromatic heterocycles. The van der Waals surface area contributed by atoms with E-state index in [-0.39, 0.29) is 5.69 Å². The van der Waals surface area contributed by atoms with Gasteiger partial charge in [-0.1, -0.05) is 30.4 Å². The topological polar surface area (TPSA) is 79.3 Å². The molecule has 6 heteroatoms. The van der Waals surface area contributed by atoms with Crippen LogP contribution in [-0.2, 0) is 0 Å². The number of pyridine rings is 1. The zero-order valence-corrected chi connectivity index (χ0v) is 14.9. The van der Waals surface area contributed by atoms with Crippen LogP contribution >= 0.6 is 15.9 Å². The van der Waals surface area contributed by atoms with E-state index in [1.54, 1.807) is 24.3 Å². The van der Waals surface area contributed by atoms with Crippen LogP contribution in [0.15, 0.2) is 47.1 Å². The van der Waals surface area contributed by atoms with Crippen LogP contribution in [0.5, 0.6) is 0 Å². The van der Waals surface area contributed by atoms with E-state index >= 15 is 0 Å². The molecule has 24 heavy (non-hydrogen) atoms. The van der Waals surface area contributed by atoms with Gasteiger partial charge in [-0.05, 0) is 53.0 Å². The maximum absolute atomic E-state index is 12.5. The molecule has 0 saturated heterocycles. The molecular weight excluding hydrogens is 372 g/mol. The second-order valence-corrected chi connectivity index (χ2v) is 6.05. The van der Waals surface area contributed by atoms with Gasteiger partial charge < -0.3 is 10.4 Å². The zero-order valence-electron chi connectivity index (χ0n) is 13.3. The van der Waals surface area contributed by atoms with Crippen molar-refractivity contribution in [2.45, 2.75) is 20.1 Å². The number of rotatable bonds is 5. The molecule has 0 saturated carbocycles. The third-order valence-corrected chi connectivity index (χ3v) is 3.87. The van der Waals surface area contributed by atoms with Gasteiger partial charge in [0.05, 0.1) is 0 Å². The first-order valence-electron chi connectivity index (χ1n) is 7.31. The molecule has 2 aromatic rings. The van der Waals surface area contributed by atoms with E-state index in [2.05, 4.69) is 26.2 Å². The number of aromatic nitrogens is 1. The van der Waals surface area contributed by atoms with Crippen LogP contribution in [0.25, 0.3) is 6.08 Å². The number of hydrogen-bond acceptors (Lipinski definition) is 4. The Kier molecular flexibility index (Phi) is 6.00. The highest BCUT2D eigenvalue weighted by molar-refractivity contribution is 9.10. The molecule has 0 aliphatic carbocycles. The number of aliphatic hydroxyl groups is 1. The van der Waals surface area contributed by atoms with Crippen LogP contribution in [0.1, 0.15) is 38.9 Å². The standard InChI is InChI=1S/C18H17BrN2O3/c1-3-5-13-11(2)6-4-7-14(13)16(22)18(24)21-17(23)15-9-8-12(19)10-20-15/h3-10,18,24H,1-2H3,(H,21,23)/b5-3-. The molecule has 1 unspecified atom stereocenters. The Hall–Kier alpha value is -2.31. The normalized spacial score (nSPS) is 12.2. The Labute approximate surface area is 148 Å². The first-order valence-corrected chi connectivity index (χ1v) is 8.10. The monoisotopic (exact) mass is 388 g/mol. The first kappa shape index (κ1) is 18.0. The van der Waals surface area contributed by atoms with Crippen LogP contribution in [0, 0.1) is 6.92 Å². The summed E-state index contributed by atoms with van der Waals surface area (Å²) in [5.74, 6) is -1.19. The van der Waals surface area contributed by atoms with Crippen molar-refractivity contribution in [1.29, 1.82) is 0 Å². The van der Waals surface area contributed by atoms with Crippen LogP contribution in [0.2, 0.25) is 0 Å². The lowest BCUT2D eigenvalue weighted by Crippen LogP contribution is -2.41. The van der Waals surface area contributed by atoms with Gasteiger partial charge in [0.2, 0.25) is 5.78 Å². The third-order valence-electron chi connectivity index (χ3n) is 3.40. The highest BCUT2D eigenvalue weighted by Crippen LogP contribution is 2.18. The number of Topliss-reactive ketones (excluding diaryl/α,β-unsaturated/α-hetero) is 1. The number of carbonyl (C=O) groups excluding carboxylic acids is 2. The van der Waals surface area contributed by atoms with Gasteiger partial charge in [0.25, 0.3) is 5.91 Å². The van der Waals surface area contributed by atoms with Crippen molar-refractivity contribution in [3.63, 3.8) is 0 Å². The Morgan fingerprint density at radius 1 is 1.29 bits per heavy atom. The Bertz CT molecular complexity index is 785. The predicted molar refractivity (Wildman–Crippen MR) is 95.6 cm³/mol. The number of benzene rings is 1. The maximum atomic E-state index is 12.5. The summed E-state index contributed by atoms with van der Waals surface area (Å²) in [5.41, 5.74) is 2.10. The summed E-state index contributed by atoms with van der Waals surface area (Å²) >= 11 is 3.22. The lowest BCUT2D eigenvalue weighted by molar-refractivity contribution is 0.0605. The fourth-order valence-electron chi connectivity index (χ4n) is 2.20. The molecule has 0 spiro atoms. The lowest BCUT2D eigenvalue weighted by Gasteiger charge is -2.14. The van der Waals surface area contributed by atoms with Crippen molar-refractivity contribution in [2.24, 2.45) is 0 Å². The Balaban J connectivity index is 2.20. The molecule has 1 aromatic carbocycles. The number of amides is 1. The van der Waals surface area contributed by atoms with Gasteiger partial charge in [-0.2, -0.15) is 0 Å². The van der Waals surface area contributed by atoms with E-state index in [1.807, 2.05) is 26.0 Å². The summed E-state index contributed by atoms with van der Waals surface area (Å²) in [6.07, 6.45) is 3.44. The molecule has 0 aliphatic heterocycles. The van der Waals surface area contributed by atoms with Gasteiger partial charge in [0.1, 0.15) is 5.69 Å². The quantitative estimate of drug-likeness (QED) is 0.609. The van der Waals surface area contributed by atoms with E-state index in [9.17, 15) is 14.7 Å². The molecular formula is C18H17BrN2O3. The van der Waals surface area contributed by atoms with Gasteiger partial charge in [0.15, 0.2) is 6.23 Å². The summed E-state index contributed by atoms with van der Waals surface area (Å²) in [6.45, 7) is 3.72. The van der Waals surface area contributed by atoms with E-state index < -0.39 is 17.9 Å². The zero-order chi connectivity index (χ0) is 17.7. The van der Waals surface area contributed by atoms with E-state index in [4.69, 9.17) is 0 Å². The van der Waals surface area contributed by atoms with Gasteiger partial charge in [-0.15, -0.1) is 0 Å². The molecule has 0 fully saturated rings. The predicted octanol–water partition coefficient (Wildman–Crippen LogP) is 3.12. The molecule has 124 valence electrons. The third kappa shape index (κ3) is 4.15. The van der Waals surface area contributed by atoms with Gasteiger partial charge >= 0.3 is 0 Å². The van der Waals surface area contributed by atoms with Crippen LogP contribution in [0.3, 0.4) is 0 Å². The number of hydrogen-bond donors (Lipinski definition) is 2. The largest absolute Gasteiger partial charge is 0.367 e. The second-order valence-electron chi connectivity index (χ2n) is 5.14. The van der Waals surface area contributed by atoms with Crippen molar-refractivity contribution >= 4 is 33.7 Å². The maximum Gasteiger partial charge on any atom is 0.272 e. The second kappa shape index (κ2) is 7.99. The lowest BCUT2D eigenvalue weighted by atomic mass is 9.97. The average Bonchev–Trinajstić information content (AvgIpc) is 2.56. The average molecular weight is 389 g/mol. The molecule has 0 bridgehead atoms. The van der Waals surface area contributed by atoms with Crippen molar-refractivity contribution in [3.8, 4) is 0 Å². The minimum atomic E-state index is -1.64. The number of carbonyl (C=O) groups is 2. The number of nitrogens with one attached hydrogen (secondary N) is 1. The molecule has 2 rings (SSSR count). The number of aryl methyl sites for hydroxylation is 1. The Morgan fingerprint density at radius 2 is 2.04 bits per heavy atom. The summed E-state index contributed by atoms with van der Waals surface area (Å²) in [5, 5.41) is 12.4. The molecule has 0 aliphatic rings. The van der Waals surface area contributed by atoms with E-state index in [0.29, 0.717) is 5.56 Å². The van der Waals surface area contributed by atoms with Crippen molar-refractivity contribution in [1.82, 2.24) is 10.3 Å². The number of nitrogens with zero attached hydrogens (tertiary/aromatic N) is 1.